The molecule has 0 radical (unpaired) electrons. The second-order valence-electron chi connectivity index (χ2n) is 8.27. The van der Waals surface area contributed by atoms with Crippen LogP contribution in [0.1, 0.15) is 50.7 Å². The standard InChI is InChI=1S/C22H33N3O2/c1-17-7-5-11-24(14-17)15-20-9-4-3-8-19(20)13-23-22(27)21-10-6-12-25(16-21)18(2)26/h3-4,8-9,17,21H,5-7,10-16H2,1-2H3,(H,23,27). The number of nitrogens with zero attached hydrogens (tertiary/aromatic N) is 2. The minimum atomic E-state index is -0.0854. The van der Waals surface area contributed by atoms with Crippen LogP contribution in [-0.4, -0.2) is 47.8 Å². The zero-order valence-corrected chi connectivity index (χ0v) is 16.7. The molecule has 148 valence electrons. The third kappa shape index (κ3) is 5.55. The summed E-state index contributed by atoms with van der Waals surface area (Å²) in [4.78, 5) is 28.5. The summed E-state index contributed by atoms with van der Waals surface area (Å²) in [5.41, 5.74) is 2.50. The Kier molecular flexibility index (Phi) is 6.89. The number of carbonyl (C=O) groups is 2. The van der Waals surface area contributed by atoms with Gasteiger partial charge in [-0.25, -0.2) is 0 Å². The van der Waals surface area contributed by atoms with Crippen LogP contribution in [0.2, 0.25) is 0 Å². The van der Waals surface area contributed by atoms with Gasteiger partial charge < -0.3 is 10.2 Å². The monoisotopic (exact) mass is 371 g/mol. The Bertz CT molecular complexity index is 661. The Labute approximate surface area is 163 Å². The van der Waals surface area contributed by atoms with Crippen molar-refractivity contribution in [1.82, 2.24) is 15.1 Å². The molecule has 1 aromatic carbocycles. The molecular weight excluding hydrogens is 338 g/mol. The lowest BCUT2D eigenvalue weighted by Gasteiger charge is -2.32. The molecule has 3 rings (SSSR count). The number of hydrogen-bond donors (Lipinski definition) is 1. The highest BCUT2D eigenvalue weighted by atomic mass is 16.2. The molecule has 0 bridgehead atoms. The number of nitrogens with one attached hydrogen (secondary N) is 1. The molecule has 2 saturated heterocycles. The van der Waals surface area contributed by atoms with Gasteiger partial charge in [-0.1, -0.05) is 31.2 Å². The smallest absolute Gasteiger partial charge is 0.225 e. The van der Waals surface area contributed by atoms with Gasteiger partial charge in [-0.05, 0) is 49.3 Å². The second-order valence-corrected chi connectivity index (χ2v) is 8.27. The van der Waals surface area contributed by atoms with Crippen LogP contribution in [0.5, 0.6) is 0 Å². The van der Waals surface area contributed by atoms with E-state index in [-0.39, 0.29) is 17.7 Å². The fourth-order valence-electron chi connectivity index (χ4n) is 4.36. The van der Waals surface area contributed by atoms with Gasteiger partial charge in [0, 0.05) is 39.6 Å². The molecular formula is C22H33N3O2. The van der Waals surface area contributed by atoms with E-state index in [4.69, 9.17) is 0 Å². The average Bonchev–Trinajstić information content (AvgIpc) is 2.67. The Morgan fingerprint density at radius 2 is 1.81 bits per heavy atom. The van der Waals surface area contributed by atoms with Crippen LogP contribution < -0.4 is 5.32 Å². The zero-order chi connectivity index (χ0) is 19.2. The van der Waals surface area contributed by atoms with Crippen LogP contribution in [-0.2, 0) is 22.7 Å². The molecule has 2 atom stereocenters. The van der Waals surface area contributed by atoms with E-state index in [2.05, 4.69) is 35.3 Å². The fourth-order valence-corrected chi connectivity index (χ4v) is 4.36. The lowest BCUT2D eigenvalue weighted by Crippen LogP contribution is -2.44. The summed E-state index contributed by atoms with van der Waals surface area (Å²) < 4.78 is 0. The quantitative estimate of drug-likeness (QED) is 0.866. The first-order valence-electron chi connectivity index (χ1n) is 10.4. The van der Waals surface area contributed by atoms with E-state index in [0.717, 1.165) is 44.9 Å². The minimum Gasteiger partial charge on any atom is -0.352 e. The Morgan fingerprint density at radius 1 is 1.07 bits per heavy atom. The molecule has 0 spiro atoms. The van der Waals surface area contributed by atoms with Crippen molar-refractivity contribution in [3.63, 3.8) is 0 Å². The molecule has 2 aliphatic heterocycles. The number of likely N-dealkylation sites (tertiary alicyclic amines) is 2. The topological polar surface area (TPSA) is 52.7 Å². The summed E-state index contributed by atoms with van der Waals surface area (Å²) in [5, 5.41) is 3.12. The maximum Gasteiger partial charge on any atom is 0.225 e. The maximum absolute atomic E-state index is 12.6. The first kappa shape index (κ1) is 19.9. The normalized spacial score (nSPS) is 23.9. The van der Waals surface area contributed by atoms with Gasteiger partial charge in [0.25, 0.3) is 0 Å². The van der Waals surface area contributed by atoms with Gasteiger partial charge in [0.1, 0.15) is 0 Å². The summed E-state index contributed by atoms with van der Waals surface area (Å²) in [5.74, 6) is 0.815. The van der Waals surface area contributed by atoms with Crippen molar-refractivity contribution >= 4 is 11.8 Å². The van der Waals surface area contributed by atoms with E-state index in [1.807, 2.05) is 6.07 Å². The highest BCUT2D eigenvalue weighted by Gasteiger charge is 2.27. The van der Waals surface area contributed by atoms with Gasteiger partial charge in [-0.2, -0.15) is 0 Å². The number of carbonyl (C=O) groups excluding carboxylic acids is 2. The molecule has 5 heteroatoms. The van der Waals surface area contributed by atoms with Crippen molar-refractivity contribution in [2.75, 3.05) is 26.2 Å². The lowest BCUT2D eigenvalue weighted by molar-refractivity contribution is -0.134. The number of piperidine rings is 2. The molecule has 1 aromatic rings. The van der Waals surface area contributed by atoms with E-state index < -0.39 is 0 Å². The summed E-state index contributed by atoms with van der Waals surface area (Å²) in [7, 11) is 0. The number of benzene rings is 1. The van der Waals surface area contributed by atoms with Crippen LogP contribution in [0.4, 0.5) is 0 Å². The van der Waals surface area contributed by atoms with Gasteiger partial charge in [-0.15, -0.1) is 0 Å². The maximum atomic E-state index is 12.6. The molecule has 0 aromatic heterocycles. The van der Waals surface area contributed by atoms with Crippen LogP contribution in [0, 0.1) is 11.8 Å². The number of rotatable bonds is 5. The highest BCUT2D eigenvalue weighted by molar-refractivity contribution is 5.80. The first-order valence-corrected chi connectivity index (χ1v) is 10.4. The minimum absolute atomic E-state index is 0.0635. The highest BCUT2D eigenvalue weighted by Crippen LogP contribution is 2.20. The number of hydrogen-bond acceptors (Lipinski definition) is 3. The predicted octanol–water partition coefficient (Wildman–Crippen LogP) is 2.79. The molecule has 1 N–H and O–H groups in total. The van der Waals surface area contributed by atoms with Gasteiger partial charge in [-0.3, -0.25) is 14.5 Å². The van der Waals surface area contributed by atoms with Crippen molar-refractivity contribution < 1.29 is 9.59 Å². The van der Waals surface area contributed by atoms with Crippen LogP contribution >= 0.6 is 0 Å². The molecule has 2 amide bonds. The third-order valence-corrected chi connectivity index (χ3v) is 5.94. The largest absolute Gasteiger partial charge is 0.352 e. The Hall–Kier alpha value is -1.88. The van der Waals surface area contributed by atoms with Crippen LogP contribution in [0.3, 0.4) is 0 Å². The summed E-state index contributed by atoms with van der Waals surface area (Å²) >= 11 is 0. The van der Waals surface area contributed by atoms with Gasteiger partial charge in [0.2, 0.25) is 11.8 Å². The third-order valence-electron chi connectivity index (χ3n) is 5.94. The van der Waals surface area contributed by atoms with Crippen molar-refractivity contribution in [1.29, 1.82) is 0 Å². The molecule has 2 unspecified atom stereocenters. The summed E-state index contributed by atoms with van der Waals surface area (Å²) in [6.45, 7) is 9.07. The fraction of sp³-hybridized carbons (Fsp3) is 0.636. The molecule has 2 heterocycles. The predicted molar refractivity (Wildman–Crippen MR) is 107 cm³/mol. The van der Waals surface area contributed by atoms with Crippen LogP contribution in [0.15, 0.2) is 24.3 Å². The summed E-state index contributed by atoms with van der Waals surface area (Å²) in [6, 6.07) is 8.42. The van der Waals surface area contributed by atoms with Crippen molar-refractivity contribution in [3.05, 3.63) is 35.4 Å². The average molecular weight is 372 g/mol. The van der Waals surface area contributed by atoms with Crippen molar-refractivity contribution in [2.45, 2.75) is 52.6 Å². The molecule has 5 nitrogen and oxygen atoms in total. The second kappa shape index (κ2) is 9.36. The van der Waals surface area contributed by atoms with Crippen molar-refractivity contribution in [3.8, 4) is 0 Å². The van der Waals surface area contributed by atoms with Gasteiger partial charge in [0.05, 0.1) is 5.92 Å². The summed E-state index contributed by atoms with van der Waals surface area (Å²) in [6.07, 6.45) is 4.37. The van der Waals surface area contributed by atoms with E-state index in [0.29, 0.717) is 13.1 Å². The zero-order valence-electron chi connectivity index (χ0n) is 16.7. The Morgan fingerprint density at radius 3 is 2.56 bits per heavy atom. The molecule has 27 heavy (non-hydrogen) atoms. The lowest BCUT2D eigenvalue weighted by atomic mass is 9.96. The van der Waals surface area contributed by atoms with Crippen molar-refractivity contribution in [2.24, 2.45) is 11.8 Å². The van der Waals surface area contributed by atoms with E-state index >= 15 is 0 Å². The first-order chi connectivity index (χ1) is 13.0. The molecule has 2 aliphatic rings. The van der Waals surface area contributed by atoms with Gasteiger partial charge >= 0.3 is 0 Å². The molecule has 0 saturated carbocycles. The van der Waals surface area contributed by atoms with E-state index in [9.17, 15) is 9.59 Å². The SMILES string of the molecule is CC(=O)N1CCCC(C(=O)NCc2ccccc2CN2CCCC(C)C2)C1. The van der Waals surface area contributed by atoms with Gasteiger partial charge in [0.15, 0.2) is 0 Å². The van der Waals surface area contributed by atoms with E-state index in [1.54, 1.807) is 11.8 Å². The van der Waals surface area contributed by atoms with E-state index in [1.165, 1.54) is 24.0 Å². The van der Waals surface area contributed by atoms with Crippen LogP contribution in [0.25, 0.3) is 0 Å². The Balaban J connectivity index is 1.56. The molecule has 0 aliphatic carbocycles. The molecule has 2 fully saturated rings. The number of amides is 2.